The summed E-state index contributed by atoms with van der Waals surface area (Å²) in [4.78, 5) is 16.1. The van der Waals surface area contributed by atoms with E-state index in [-0.39, 0.29) is 17.2 Å². The Kier molecular flexibility index (Phi) is 5.72. The van der Waals surface area contributed by atoms with E-state index in [1.165, 1.54) is 12.1 Å². The van der Waals surface area contributed by atoms with Gasteiger partial charge in [0.15, 0.2) is 0 Å². The molecule has 0 unspecified atom stereocenters. The molecular formula is C18H22N2O3S. The lowest BCUT2D eigenvalue weighted by atomic mass is 10.0. The summed E-state index contributed by atoms with van der Waals surface area (Å²) in [5.74, 6) is -0.393. The van der Waals surface area contributed by atoms with Gasteiger partial charge in [0.2, 0.25) is 5.91 Å². The Bertz CT molecular complexity index is 812. The number of pyridine rings is 1. The van der Waals surface area contributed by atoms with Crippen molar-refractivity contribution in [3.05, 3.63) is 48.3 Å². The summed E-state index contributed by atoms with van der Waals surface area (Å²) in [5.41, 5.74) is 2.83. The number of benzene rings is 1. The van der Waals surface area contributed by atoms with Gasteiger partial charge in [0.1, 0.15) is 0 Å². The van der Waals surface area contributed by atoms with Gasteiger partial charge in [-0.05, 0) is 36.1 Å². The molecule has 128 valence electrons. The van der Waals surface area contributed by atoms with Gasteiger partial charge in [-0.25, -0.2) is 13.1 Å². The number of rotatable bonds is 6. The van der Waals surface area contributed by atoms with E-state index in [4.69, 9.17) is 0 Å². The second-order valence-corrected chi connectivity index (χ2v) is 7.68. The molecule has 0 radical (unpaired) electrons. The van der Waals surface area contributed by atoms with E-state index in [0.29, 0.717) is 0 Å². The fourth-order valence-corrected chi connectivity index (χ4v) is 3.41. The molecule has 1 heterocycles. The van der Waals surface area contributed by atoms with E-state index in [1.54, 1.807) is 18.3 Å². The molecule has 0 atom stereocenters. The first-order valence-electron chi connectivity index (χ1n) is 7.93. The molecule has 6 heteroatoms. The zero-order valence-corrected chi connectivity index (χ0v) is 14.9. The van der Waals surface area contributed by atoms with Crippen LogP contribution in [0.4, 0.5) is 0 Å². The number of hydrogen-bond acceptors (Lipinski definition) is 4. The average Bonchev–Trinajstić information content (AvgIpc) is 2.53. The van der Waals surface area contributed by atoms with E-state index in [9.17, 15) is 13.2 Å². The van der Waals surface area contributed by atoms with Crippen molar-refractivity contribution >= 4 is 15.9 Å². The second kappa shape index (κ2) is 7.57. The van der Waals surface area contributed by atoms with Crippen molar-refractivity contribution in [3.8, 4) is 11.1 Å². The van der Waals surface area contributed by atoms with Crippen LogP contribution in [0.25, 0.3) is 11.1 Å². The molecule has 2 rings (SSSR count). The molecule has 24 heavy (non-hydrogen) atoms. The smallest absolute Gasteiger partial charge is 0.264 e. The predicted octanol–water partition coefficient (Wildman–Crippen LogP) is 3.16. The highest BCUT2D eigenvalue weighted by Gasteiger charge is 2.18. The first kappa shape index (κ1) is 18.1. The van der Waals surface area contributed by atoms with Gasteiger partial charge in [-0.1, -0.05) is 39.0 Å². The molecule has 0 aliphatic heterocycles. The van der Waals surface area contributed by atoms with Crippen LogP contribution >= 0.6 is 0 Å². The van der Waals surface area contributed by atoms with Gasteiger partial charge in [-0.3, -0.25) is 9.78 Å². The van der Waals surface area contributed by atoms with Crippen LogP contribution in [0, 0.1) is 5.92 Å². The molecule has 1 N–H and O–H groups in total. The summed E-state index contributed by atoms with van der Waals surface area (Å²) in [6, 6.07) is 10.3. The highest BCUT2D eigenvalue weighted by Crippen LogP contribution is 2.24. The molecular weight excluding hydrogens is 324 g/mol. The van der Waals surface area contributed by atoms with Gasteiger partial charge in [0.05, 0.1) is 4.90 Å². The fraction of sp³-hybridized carbons (Fsp3) is 0.333. The third-order valence-electron chi connectivity index (χ3n) is 3.54. The predicted molar refractivity (Wildman–Crippen MR) is 93.8 cm³/mol. The topological polar surface area (TPSA) is 76.1 Å². The van der Waals surface area contributed by atoms with Crippen molar-refractivity contribution in [2.45, 2.75) is 38.5 Å². The number of aromatic nitrogens is 1. The van der Waals surface area contributed by atoms with Gasteiger partial charge < -0.3 is 0 Å². The number of carbonyl (C=O) groups excluding carboxylic acids is 1. The first-order chi connectivity index (χ1) is 11.3. The van der Waals surface area contributed by atoms with Crippen LogP contribution in [0.1, 0.15) is 32.9 Å². The average molecular weight is 346 g/mol. The number of carbonyl (C=O) groups is 1. The third kappa shape index (κ3) is 4.41. The lowest BCUT2D eigenvalue weighted by Crippen LogP contribution is -2.31. The molecule has 0 spiro atoms. The minimum atomic E-state index is -3.83. The van der Waals surface area contributed by atoms with Crippen molar-refractivity contribution in [1.29, 1.82) is 0 Å². The van der Waals surface area contributed by atoms with Gasteiger partial charge in [-0.15, -0.1) is 0 Å². The maximum absolute atomic E-state index is 12.3. The number of sulfonamides is 1. The van der Waals surface area contributed by atoms with Crippen LogP contribution in [0.15, 0.2) is 47.5 Å². The number of nitrogens with one attached hydrogen (secondary N) is 1. The van der Waals surface area contributed by atoms with Crippen LogP contribution < -0.4 is 4.72 Å². The van der Waals surface area contributed by atoms with Crippen LogP contribution in [0.2, 0.25) is 0 Å². The van der Waals surface area contributed by atoms with Gasteiger partial charge in [0, 0.05) is 23.9 Å². The van der Waals surface area contributed by atoms with Crippen LogP contribution in [0.3, 0.4) is 0 Å². The molecule has 1 amide bonds. The summed E-state index contributed by atoms with van der Waals surface area (Å²) < 4.78 is 26.6. The summed E-state index contributed by atoms with van der Waals surface area (Å²) >= 11 is 0. The maximum Gasteiger partial charge on any atom is 0.264 e. The maximum atomic E-state index is 12.3. The minimum absolute atomic E-state index is 0.0743. The monoisotopic (exact) mass is 346 g/mol. The Morgan fingerprint density at radius 1 is 1.17 bits per heavy atom. The normalized spacial score (nSPS) is 11.5. The van der Waals surface area contributed by atoms with E-state index >= 15 is 0 Å². The summed E-state index contributed by atoms with van der Waals surface area (Å²) in [6.07, 6.45) is 2.71. The Balaban J connectivity index is 2.24. The van der Waals surface area contributed by atoms with E-state index in [2.05, 4.69) is 9.71 Å². The zero-order chi connectivity index (χ0) is 17.7. The first-order valence-corrected chi connectivity index (χ1v) is 9.41. The number of nitrogens with zero attached hydrogens (tertiary/aromatic N) is 1. The molecule has 0 saturated carbocycles. The van der Waals surface area contributed by atoms with E-state index in [1.807, 2.05) is 32.9 Å². The quantitative estimate of drug-likeness (QED) is 0.872. The molecule has 1 aromatic heterocycles. The zero-order valence-electron chi connectivity index (χ0n) is 14.1. The highest BCUT2D eigenvalue weighted by molar-refractivity contribution is 7.90. The number of amides is 1. The lowest BCUT2D eigenvalue weighted by Gasteiger charge is -2.10. The Hall–Kier alpha value is -2.21. The summed E-state index contributed by atoms with van der Waals surface area (Å²) in [5, 5.41) is 0. The minimum Gasteiger partial charge on any atom is -0.274 e. The SMILES string of the molecule is CCc1ncccc1-c1ccc(S(=O)(=O)NC(=O)CC(C)C)cc1. The van der Waals surface area contributed by atoms with Crippen molar-refractivity contribution in [2.75, 3.05) is 0 Å². The van der Waals surface area contributed by atoms with Gasteiger partial charge in [0.25, 0.3) is 10.0 Å². The van der Waals surface area contributed by atoms with E-state index < -0.39 is 15.9 Å². The molecule has 0 aliphatic carbocycles. The Labute approximate surface area is 143 Å². The second-order valence-electron chi connectivity index (χ2n) is 6.00. The molecule has 5 nitrogen and oxygen atoms in total. The van der Waals surface area contributed by atoms with Crippen LogP contribution in [-0.2, 0) is 21.2 Å². The highest BCUT2D eigenvalue weighted by atomic mass is 32.2. The van der Waals surface area contributed by atoms with Crippen molar-refractivity contribution in [1.82, 2.24) is 9.71 Å². The van der Waals surface area contributed by atoms with E-state index in [0.717, 1.165) is 23.2 Å². The fourth-order valence-electron chi connectivity index (χ4n) is 2.42. The molecule has 0 bridgehead atoms. The molecule has 2 aromatic rings. The van der Waals surface area contributed by atoms with Crippen molar-refractivity contribution in [2.24, 2.45) is 5.92 Å². The molecule has 0 fully saturated rings. The molecule has 0 aliphatic rings. The van der Waals surface area contributed by atoms with Crippen molar-refractivity contribution < 1.29 is 13.2 Å². The van der Waals surface area contributed by atoms with Gasteiger partial charge >= 0.3 is 0 Å². The standard InChI is InChI=1S/C18H22N2O3S/c1-4-17-16(6-5-11-19-17)14-7-9-15(10-8-14)24(22,23)20-18(21)12-13(2)3/h5-11,13H,4,12H2,1-3H3,(H,20,21). The lowest BCUT2D eigenvalue weighted by molar-refractivity contribution is -0.120. The number of hydrogen-bond donors (Lipinski definition) is 1. The molecule has 1 aromatic carbocycles. The summed E-state index contributed by atoms with van der Waals surface area (Å²) in [7, 11) is -3.83. The van der Waals surface area contributed by atoms with Crippen LogP contribution in [0.5, 0.6) is 0 Å². The van der Waals surface area contributed by atoms with Crippen LogP contribution in [-0.4, -0.2) is 19.3 Å². The summed E-state index contributed by atoms with van der Waals surface area (Å²) in [6.45, 7) is 5.75. The van der Waals surface area contributed by atoms with Crippen molar-refractivity contribution in [3.63, 3.8) is 0 Å². The molecule has 0 saturated heterocycles. The van der Waals surface area contributed by atoms with Gasteiger partial charge in [-0.2, -0.15) is 0 Å². The number of aryl methyl sites for hydroxylation is 1. The Morgan fingerprint density at radius 3 is 2.42 bits per heavy atom. The Morgan fingerprint density at radius 2 is 1.83 bits per heavy atom. The third-order valence-corrected chi connectivity index (χ3v) is 4.93. The largest absolute Gasteiger partial charge is 0.274 e.